The third-order valence-electron chi connectivity index (χ3n) is 4.19. The van der Waals surface area contributed by atoms with E-state index in [4.69, 9.17) is 0 Å². The Bertz CT molecular complexity index is 626. The number of nitrogens with zero attached hydrogens (tertiary/aromatic N) is 3. The second-order valence-electron chi connectivity index (χ2n) is 7.55. The van der Waals surface area contributed by atoms with Crippen LogP contribution in [0.25, 0.3) is 0 Å². The monoisotopic (exact) mass is 427 g/mol. The van der Waals surface area contributed by atoms with E-state index in [1.54, 1.807) is 11.0 Å². The zero-order chi connectivity index (χ0) is 20.2. The van der Waals surface area contributed by atoms with Crippen LogP contribution in [0.4, 0.5) is 0 Å². The number of hydrogen-bond donors (Lipinski definition) is 0. The van der Waals surface area contributed by atoms with Crippen LogP contribution >= 0.6 is 0 Å². The molecule has 0 atom stereocenters. The van der Waals surface area contributed by atoms with Crippen molar-refractivity contribution in [2.75, 3.05) is 0 Å². The average Bonchev–Trinajstić information content (AvgIpc) is 2.52. The molecule has 0 aliphatic rings. The van der Waals surface area contributed by atoms with Gasteiger partial charge in [-0.3, -0.25) is 0 Å². The van der Waals surface area contributed by atoms with E-state index >= 15 is 0 Å². The summed E-state index contributed by atoms with van der Waals surface area (Å²) in [6, 6.07) is 3.94. The zero-order valence-corrected chi connectivity index (χ0v) is 19.2. The van der Waals surface area contributed by atoms with E-state index in [1.165, 1.54) is 0 Å². The van der Waals surface area contributed by atoms with Crippen molar-refractivity contribution in [2.45, 2.75) is 85.4 Å². The summed E-state index contributed by atoms with van der Waals surface area (Å²) in [4.78, 5) is 34.3. The fraction of sp³-hybridized carbons (Fsp3) is 0.650. The van der Waals surface area contributed by atoms with E-state index in [1.807, 2.05) is 66.4 Å². The molecular weight excluding hydrogens is 393 g/mol. The number of hydrogen-bond acceptors (Lipinski definition) is 3. The van der Waals surface area contributed by atoms with Gasteiger partial charge in [-0.15, -0.1) is 0 Å². The van der Waals surface area contributed by atoms with Gasteiger partial charge >= 0.3 is 165 Å². The zero-order valence-electron chi connectivity index (χ0n) is 17.5. The summed E-state index contributed by atoms with van der Waals surface area (Å²) >= 11 is 0.120. The molecule has 0 aromatic carbocycles. The van der Waals surface area contributed by atoms with Gasteiger partial charge in [0.25, 0.3) is 0 Å². The second-order valence-corrected chi connectivity index (χ2v) is 9.33. The van der Waals surface area contributed by atoms with Crippen molar-refractivity contribution in [3.8, 4) is 0 Å². The van der Waals surface area contributed by atoms with Gasteiger partial charge in [-0.2, -0.15) is 0 Å². The first kappa shape index (κ1) is 22.7. The third-order valence-corrected chi connectivity index (χ3v) is 5.81. The average molecular weight is 426 g/mol. The Balaban J connectivity index is 3.40. The van der Waals surface area contributed by atoms with Gasteiger partial charge in [0.05, 0.1) is 0 Å². The summed E-state index contributed by atoms with van der Waals surface area (Å²) in [7, 11) is 0. The van der Waals surface area contributed by atoms with Crippen molar-refractivity contribution in [1.29, 1.82) is 0 Å². The van der Waals surface area contributed by atoms with Crippen LogP contribution in [0.3, 0.4) is 0 Å². The molecule has 0 fully saturated rings. The molecule has 0 saturated carbocycles. The molecule has 1 aromatic rings. The molecule has 1 rings (SSSR count). The second kappa shape index (κ2) is 9.52. The first-order chi connectivity index (χ1) is 12.0. The molecule has 6 heteroatoms. The summed E-state index contributed by atoms with van der Waals surface area (Å²) in [6.45, 7) is 16.0. The molecular formula is C20H33N3O2Se. The summed E-state index contributed by atoms with van der Waals surface area (Å²) in [5, 5.41) is 0. The van der Waals surface area contributed by atoms with Gasteiger partial charge in [-0.25, -0.2) is 0 Å². The van der Waals surface area contributed by atoms with Crippen molar-refractivity contribution in [1.82, 2.24) is 14.8 Å². The normalized spacial score (nSPS) is 11.6. The first-order valence-corrected chi connectivity index (χ1v) is 11.8. The van der Waals surface area contributed by atoms with Crippen LogP contribution in [0.5, 0.6) is 0 Å². The summed E-state index contributed by atoms with van der Waals surface area (Å²) in [6.07, 6.45) is 0. The molecule has 146 valence electrons. The van der Waals surface area contributed by atoms with Crippen molar-refractivity contribution < 1.29 is 9.59 Å². The van der Waals surface area contributed by atoms with Gasteiger partial charge in [-0.1, -0.05) is 0 Å². The van der Waals surface area contributed by atoms with Crippen molar-refractivity contribution in [2.24, 2.45) is 0 Å². The van der Waals surface area contributed by atoms with Crippen molar-refractivity contribution in [3.63, 3.8) is 0 Å². The number of carbonyl (C=O) groups excluding carboxylic acids is 2. The minimum absolute atomic E-state index is 0.0707. The molecule has 2 amide bonds. The van der Waals surface area contributed by atoms with Gasteiger partial charge in [-0.05, 0) is 0 Å². The van der Waals surface area contributed by atoms with Crippen LogP contribution in [-0.2, 0) is 0 Å². The molecule has 0 aliphatic heterocycles. The van der Waals surface area contributed by atoms with Gasteiger partial charge < -0.3 is 0 Å². The van der Waals surface area contributed by atoms with E-state index in [0.29, 0.717) is 11.4 Å². The molecule has 0 spiro atoms. The Morgan fingerprint density at radius 3 is 1.62 bits per heavy atom. The van der Waals surface area contributed by atoms with E-state index in [9.17, 15) is 9.59 Å². The van der Waals surface area contributed by atoms with Crippen LogP contribution in [0.2, 0.25) is 5.82 Å². The summed E-state index contributed by atoms with van der Waals surface area (Å²) in [5.74, 6) is 1.84. The van der Waals surface area contributed by atoms with E-state index < -0.39 is 0 Å². The molecule has 0 aliphatic carbocycles. The van der Waals surface area contributed by atoms with Crippen LogP contribution < -0.4 is 4.46 Å². The number of pyridine rings is 1. The molecule has 0 saturated heterocycles. The first-order valence-electron chi connectivity index (χ1n) is 9.23. The number of carbonyl (C=O) groups is 2. The van der Waals surface area contributed by atoms with Crippen LogP contribution in [-0.4, -0.2) is 65.7 Å². The number of amides is 2. The van der Waals surface area contributed by atoms with E-state index in [-0.39, 0.29) is 50.9 Å². The number of aromatic nitrogens is 1. The van der Waals surface area contributed by atoms with Gasteiger partial charge in [0, 0.05) is 0 Å². The number of rotatable bonds is 7. The van der Waals surface area contributed by atoms with Crippen molar-refractivity contribution in [3.05, 3.63) is 23.5 Å². The molecule has 5 nitrogen and oxygen atoms in total. The SMILES string of the molecule is C[Se]c1ccc(C(=O)N(C(C)C)C(C)C)nc1C(=O)N(C(C)C)C(C)C. The summed E-state index contributed by atoms with van der Waals surface area (Å²) in [5.41, 5.74) is 0.768. The van der Waals surface area contributed by atoms with Gasteiger partial charge in [0.1, 0.15) is 0 Å². The molecule has 1 heterocycles. The minimum atomic E-state index is -0.125. The molecule has 0 bridgehead atoms. The maximum atomic E-state index is 13.2. The third kappa shape index (κ3) is 5.08. The Kier molecular flexibility index (Phi) is 8.29. The maximum absolute atomic E-state index is 13.2. The standard InChI is InChI=1S/C20H33N3O2Se/c1-12(2)22(13(3)4)19(24)16-10-11-17(26-9)18(21-16)20(25)23(14(5)6)15(7)8/h10-15H,1-9H3. The molecule has 1 aromatic heterocycles. The van der Waals surface area contributed by atoms with Crippen LogP contribution in [0, 0.1) is 0 Å². The van der Waals surface area contributed by atoms with E-state index in [0.717, 1.165) is 4.46 Å². The molecule has 26 heavy (non-hydrogen) atoms. The Morgan fingerprint density at radius 2 is 1.23 bits per heavy atom. The van der Waals surface area contributed by atoms with Crippen molar-refractivity contribution >= 4 is 31.2 Å². The van der Waals surface area contributed by atoms with Gasteiger partial charge in [0.2, 0.25) is 0 Å². The molecule has 0 radical (unpaired) electrons. The van der Waals surface area contributed by atoms with Gasteiger partial charge in [0.15, 0.2) is 0 Å². The predicted octanol–water partition coefficient (Wildman–Crippen LogP) is 2.98. The Morgan fingerprint density at radius 1 is 0.808 bits per heavy atom. The molecule has 0 unspecified atom stereocenters. The fourth-order valence-corrected chi connectivity index (χ4v) is 4.38. The quantitative estimate of drug-likeness (QED) is 0.630. The topological polar surface area (TPSA) is 53.5 Å². The predicted molar refractivity (Wildman–Crippen MR) is 108 cm³/mol. The van der Waals surface area contributed by atoms with E-state index in [2.05, 4.69) is 10.8 Å². The molecule has 0 N–H and O–H groups in total. The van der Waals surface area contributed by atoms with Crippen LogP contribution in [0.15, 0.2) is 12.1 Å². The Hall–Kier alpha value is -1.39. The Labute approximate surface area is 164 Å². The van der Waals surface area contributed by atoms with Crippen LogP contribution in [0.1, 0.15) is 76.4 Å². The fourth-order valence-electron chi connectivity index (χ4n) is 3.27. The summed E-state index contributed by atoms with van der Waals surface area (Å²) < 4.78 is 0.936.